The fourth-order valence-corrected chi connectivity index (χ4v) is 3.55. The van der Waals surface area contributed by atoms with E-state index in [2.05, 4.69) is 0 Å². The first-order valence-electron chi connectivity index (χ1n) is 5.90. The van der Waals surface area contributed by atoms with Gasteiger partial charge in [0.2, 0.25) is 0 Å². The van der Waals surface area contributed by atoms with Gasteiger partial charge < -0.3 is 9.84 Å². The molecule has 1 saturated heterocycles. The van der Waals surface area contributed by atoms with Crippen molar-refractivity contribution in [1.82, 2.24) is 0 Å². The molecule has 1 aromatic rings. The second kappa shape index (κ2) is 5.99. The van der Waals surface area contributed by atoms with Crippen LogP contribution in [0, 0.1) is 5.92 Å². The van der Waals surface area contributed by atoms with Crippen LogP contribution < -0.4 is 0 Å². The molecule has 0 radical (unpaired) electrons. The smallest absolute Gasteiger partial charge is 0.316 e. The quantitative estimate of drug-likeness (QED) is 0.853. The molecule has 1 aromatic carbocycles. The first kappa shape index (κ1) is 14.4. The number of hydrogen-bond donors (Lipinski definition) is 1. The molecule has 3 nitrogen and oxygen atoms in total. The summed E-state index contributed by atoms with van der Waals surface area (Å²) in [5.74, 6) is -0.452. The maximum Gasteiger partial charge on any atom is 0.316 e. The van der Waals surface area contributed by atoms with E-state index in [1.165, 1.54) is 18.9 Å². The Kier molecular flexibility index (Phi) is 4.55. The Morgan fingerprint density at radius 2 is 2.05 bits per heavy atom. The Bertz CT molecular complexity index is 510. The minimum atomic E-state index is -0.685. The normalized spacial score (nSPS) is 25.3. The van der Waals surface area contributed by atoms with E-state index >= 15 is 0 Å². The third kappa shape index (κ3) is 2.96. The van der Waals surface area contributed by atoms with Gasteiger partial charge in [0.05, 0.1) is 13.2 Å². The van der Waals surface area contributed by atoms with E-state index in [4.69, 9.17) is 16.3 Å². The lowest BCUT2D eigenvalue weighted by atomic mass is 9.97. The molecular weight excluding hydrogens is 284 g/mol. The standard InChI is InChI=1S/C14H15ClO3S/c1-8(9-3-5-10(15)6-4-9)13-12(14(17)18-2)11(16)7-19-13/h3-6,11-12,16H,7H2,1-2H3/b13-8-. The van der Waals surface area contributed by atoms with Crippen LogP contribution >= 0.6 is 23.4 Å². The predicted octanol–water partition coefficient (Wildman–Crippen LogP) is 2.97. The number of ether oxygens (including phenoxy) is 1. The average molecular weight is 299 g/mol. The summed E-state index contributed by atoms with van der Waals surface area (Å²) >= 11 is 7.37. The molecule has 2 unspecified atom stereocenters. The number of allylic oxidation sites excluding steroid dienone is 1. The fourth-order valence-electron chi connectivity index (χ4n) is 2.11. The molecule has 1 fully saturated rings. The van der Waals surface area contributed by atoms with E-state index in [0.717, 1.165) is 16.0 Å². The van der Waals surface area contributed by atoms with Crippen molar-refractivity contribution < 1.29 is 14.6 Å². The molecule has 1 N–H and O–H groups in total. The van der Waals surface area contributed by atoms with Crippen molar-refractivity contribution in [2.24, 2.45) is 5.92 Å². The van der Waals surface area contributed by atoms with Gasteiger partial charge in [0, 0.05) is 15.7 Å². The van der Waals surface area contributed by atoms with Crippen molar-refractivity contribution in [2.75, 3.05) is 12.9 Å². The largest absolute Gasteiger partial charge is 0.468 e. The summed E-state index contributed by atoms with van der Waals surface area (Å²) in [6, 6.07) is 7.43. The first-order chi connectivity index (χ1) is 9.04. The molecule has 5 heteroatoms. The number of benzene rings is 1. The zero-order valence-electron chi connectivity index (χ0n) is 10.7. The number of aliphatic hydroxyl groups is 1. The van der Waals surface area contributed by atoms with Gasteiger partial charge in [-0.3, -0.25) is 4.79 Å². The van der Waals surface area contributed by atoms with Gasteiger partial charge >= 0.3 is 5.97 Å². The SMILES string of the molecule is COC(=O)C1/C(=C(\C)c2ccc(Cl)cc2)SCC1O. The van der Waals surface area contributed by atoms with Crippen LogP contribution in [0.4, 0.5) is 0 Å². The fraction of sp³-hybridized carbons (Fsp3) is 0.357. The van der Waals surface area contributed by atoms with Crippen LogP contribution in [0.15, 0.2) is 29.2 Å². The highest BCUT2D eigenvalue weighted by Gasteiger charge is 2.38. The highest BCUT2D eigenvalue weighted by molar-refractivity contribution is 8.03. The Hall–Kier alpha value is -0.970. The molecule has 1 heterocycles. The van der Waals surface area contributed by atoms with E-state index in [0.29, 0.717) is 10.8 Å². The maximum atomic E-state index is 11.8. The van der Waals surface area contributed by atoms with Crippen LogP contribution in [0.5, 0.6) is 0 Å². The highest BCUT2D eigenvalue weighted by atomic mass is 35.5. The Balaban J connectivity index is 2.39. The number of hydrogen-bond acceptors (Lipinski definition) is 4. The van der Waals surface area contributed by atoms with E-state index in [-0.39, 0.29) is 5.97 Å². The van der Waals surface area contributed by atoms with Crippen LogP contribution in [-0.2, 0) is 9.53 Å². The lowest BCUT2D eigenvalue weighted by Gasteiger charge is -2.15. The topological polar surface area (TPSA) is 46.5 Å². The van der Waals surface area contributed by atoms with Crippen molar-refractivity contribution in [1.29, 1.82) is 0 Å². The van der Waals surface area contributed by atoms with E-state index < -0.39 is 12.0 Å². The number of halogens is 1. The number of carbonyl (C=O) groups is 1. The van der Waals surface area contributed by atoms with E-state index in [9.17, 15) is 9.90 Å². The molecule has 0 spiro atoms. The van der Waals surface area contributed by atoms with Crippen molar-refractivity contribution in [2.45, 2.75) is 13.0 Å². The third-order valence-electron chi connectivity index (χ3n) is 3.18. The summed E-state index contributed by atoms with van der Waals surface area (Å²) in [6.07, 6.45) is -0.685. The lowest BCUT2D eigenvalue weighted by molar-refractivity contribution is -0.146. The number of esters is 1. The molecule has 0 aromatic heterocycles. The summed E-state index contributed by atoms with van der Waals surface area (Å²) in [5.41, 5.74) is 1.98. The Morgan fingerprint density at radius 1 is 1.42 bits per heavy atom. The van der Waals surface area contributed by atoms with Crippen molar-refractivity contribution in [3.05, 3.63) is 39.8 Å². The summed E-state index contributed by atoms with van der Waals surface area (Å²) in [5, 5.41) is 10.6. The van der Waals surface area contributed by atoms with Crippen LogP contribution in [0.1, 0.15) is 12.5 Å². The lowest BCUT2D eigenvalue weighted by Crippen LogP contribution is -2.27. The van der Waals surface area contributed by atoms with Crippen LogP contribution in [0.3, 0.4) is 0 Å². The summed E-state index contributed by atoms with van der Waals surface area (Å²) in [7, 11) is 1.34. The van der Waals surface area contributed by atoms with Crippen molar-refractivity contribution in [3.63, 3.8) is 0 Å². The summed E-state index contributed by atoms with van der Waals surface area (Å²) < 4.78 is 4.77. The third-order valence-corrected chi connectivity index (χ3v) is 4.81. The van der Waals surface area contributed by atoms with Gasteiger partial charge in [-0.05, 0) is 30.2 Å². The van der Waals surface area contributed by atoms with E-state index in [1.54, 1.807) is 0 Å². The van der Waals surface area contributed by atoms with Gasteiger partial charge in [-0.25, -0.2) is 0 Å². The maximum absolute atomic E-state index is 11.8. The number of rotatable bonds is 2. The van der Waals surface area contributed by atoms with Gasteiger partial charge in [-0.2, -0.15) is 0 Å². The molecule has 1 aliphatic heterocycles. The van der Waals surface area contributed by atoms with Gasteiger partial charge in [-0.1, -0.05) is 23.7 Å². The Morgan fingerprint density at radius 3 is 2.63 bits per heavy atom. The molecule has 102 valence electrons. The molecule has 0 aliphatic carbocycles. The zero-order chi connectivity index (χ0) is 14.0. The molecule has 0 amide bonds. The second-order valence-corrected chi connectivity index (χ2v) is 5.87. The van der Waals surface area contributed by atoms with Gasteiger partial charge in [0.15, 0.2) is 0 Å². The van der Waals surface area contributed by atoms with Crippen LogP contribution in [0.25, 0.3) is 5.57 Å². The number of carbonyl (C=O) groups excluding carboxylic acids is 1. The van der Waals surface area contributed by atoms with Gasteiger partial charge in [0.25, 0.3) is 0 Å². The highest BCUT2D eigenvalue weighted by Crippen LogP contribution is 2.42. The molecule has 0 saturated carbocycles. The predicted molar refractivity (Wildman–Crippen MR) is 78.0 cm³/mol. The molecule has 2 rings (SSSR count). The molecule has 19 heavy (non-hydrogen) atoms. The number of thioether (sulfide) groups is 1. The molecule has 0 bridgehead atoms. The minimum Gasteiger partial charge on any atom is -0.468 e. The monoisotopic (exact) mass is 298 g/mol. The molecule has 1 aliphatic rings. The Labute approximate surface area is 121 Å². The van der Waals surface area contributed by atoms with Gasteiger partial charge in [0.1, 0.15) is 5.92 Å². The molecular formula is C14H15ClO3S. The van der Waals surface area contributed by atoms with Crippen molar-refractivity contribution in [3.8, 4) is 0 Å². The average Bonchev–Trinajstić information content (AvgIpc) is 2.80. The second-order valence-electron chi connectivity index (χ2n) is 4.38. The minimum absolute atomic E-state index is 0.388. The first-order valence-corrected chi connectivity index (χ1v) is 7.26. The summed E-state index contributed by atoms with van der Waals surface area (Å²) in [4.78, 5) is 12.7. The van der Waals surface area contributed by atoms with Crippen LogP contribution in [-0.4, -0.2) is 30.0 Å². The van der Waals surface area contributed by atoms with Crippen molar-refractivity contribution >= 4 is 34.9 Å². The number of methoxy groups -OCH3 is 1. The van der Waals surface area contributed by atoms with Crippen LogP contribution in [0.2, 0.25) is 5.02 Å². The number of aliphatic hydroxyl groups excluding tert-OH is 1. The van der Waals surface area contributed by atoms with Gasteiger partial charge in [-0.15, -0.1) is 11.8 Å². The summed E-state index contributed by atoms with van der Waals surface area (Å²) in [6.45, 7) is 1.94. The zero-order valence-corrected chi connectivity index (χ0v) is 12.3. The van der Waals surface area contributed by atoms with E-state index in [1.807, 2.05) is 31.2 Å². The molecule has 2 atom stereocenters.